The molecule has 2 aliphatic rings. The Hall–Kier alpha value is -5.82. The lowest BCUT2D eigenvalue weighted by atomic mass is 9.91. The molecular weight excluding hydrogens is 1250 g/mol. The van der Waals surface area contributed by atoms with Gasteiger partial charge in [-0.15, -0.1) is 0 Å². The molecule has 550 valence electrons. The van der Waals surface area contributed by atoms with Crippen molar-refractivity contribution < 1.29 is 66.7 Å². The van der Waals surface area contributed by atoms with Crippen molar-refractivity contribution in [3.05, 3.63) is 12.2 Å². The summed E-state index contributed by atoms with van der Waals surface area (Å²) in [4.78, 5) is 175. The summed E-state index contributed by atoms with van der Waals surface area (Å²) in [6, 6.07) is -13.8. The second kappa shape index (κ2) is 40.9. The Morgan fingerprint density at radius 3 is 1.49 bits per heavy atom. The highest BCUT2D eigenvalue weighted by atomic mass is 31.0. The summed E-state index contributed by atoms with van der Waals surface area (Å²) < 4.78 is 17.9. The van der Waals surface area contributed by atoms with Gasteiger partial charge < -0.3 is 69.6 Å². The number of likely N-dealkylation sites (N-methyl/N-ethyl adjacent to an activating group) is 7. The molecule has 26 nitrogen and oxygen atoms in total. The molecule has 2 rings (SSSR count). The van der Waals surface area contributed by atoms with Crippen LogP contribution in [-0.4, -0.2) is 272 Å². The van der Waals surface area contributed by atoms with Crippen LogP contribution in [0, 0.1) is 35.5 Å². The van der Waals surface area contributed by atoms with Crippen LogP contribution in [0.2, 0.25) is 0 Å². The Balaban J connectivity index is 3.03. The van der Waals surface area contributed by atoms with E-state index in [4.69, 9.17) is 14.0 Å². The molecular formula is C69H125N12O14P. The molecule has 15 atom stereocenters. The molecule has 96 heavy (non-hydrogen) atoms. The van der Waals surface area contributed by atoms with Crippen LogP contribution < -0.4 is 21.3 Å². The Kier molecular flexibility index (Phi) is 36.8. The van der Waals surface area contributed by atoms with Gasteiger partial charge in [0.25, 0.3) is 0 Å². The molecule has 11 amide bonds. The lowest BCUT2D eigenvalue weighted by Crippen LogP contribution is -2.64. The predicted molar refractivity (Wildman–Crippen MR) is 374 cm³/mol. The molecule has 1 unspecified atom stereocenters. The Labute approximate surface area is 577 Å². The number of morpholine rings is 1. The average molecular weight is 1380 g/mol. The molecule has 2 fully saturated rings. The first kappa shape index (κ1) is 86.3. The molecule has 2 saturated heterocycles. The van der Waals surface area contributed by atoms with Crippen LogP contribution >= 0.6 is 9.47 Å². The third-order valence-corrected chi connectivity index (χ3v) is 19.0. The highest BCUT2D eigenvalue weighted by Crippen LogP contribution is 2.28. The molecule has 0 aromatic rings. The number of hydrogen-bond donors (Lipinski definition) is 4. The van der Waals surface area contributed by atoms with Crippen molar-refractivity contribution in [3.8, 4) is 0 Å². The first-order valence-electron chi connectivity index (χ1n) is 34.7. The Morgan fingerprint density at radius 1 is 0.510 bits per heavy atom. The first-order chi connectivity index (χ1) is 44.7. The van der Waals surface area contributed by atoms with Gasteiger partial charge in [0.15, 0.2) is 0 Å². The van der Waals surface area contributed by atoms with Gasteiger partial charge in [-0.25, -0.2) is 0 Å². The number of carbonyl (C=O) groups is 11. The summed E-state index contributed by atoms with van der Waals surface area (Å²) in [6.45, 7) is 33.6. The third-order valence-electron chi connectivity index (χ3n) is 18.7. The summed E-state index contributed by atoms with van der Waals surface area (Å²) in [5, 5.41) is 11.2. The fourth-order valence-electron chi connectivity index (χ4n) is 12.5. The summed E-state index contributed by atoms with van der Waals surface area (Å²) in [5.74, 6) is -9.40. The van der Waals surface area contributed by atoms with E-state index in [9.17, 15) is 24.0 Å². The van der Waals surface area contributed by atoms with E-state index in [1.54, 1.807) is 41.5 Å². The summed E-state index contributed by atoms with van der Waals surface area (Å²) in [7, 11) is 12.3. The van der Waals surface area contributed by atoms with Crippen molar-refractivity contribution in [2.24, 2.45) is 35.5 Å². The van der Waals surface area contributed by atoms with E-state index in [0.29, 0.717) is 26.1 Å². The number of amides is 11. The molecule has 2 heterocycles. The quantitative estimate of drug-likeness (QED) is 0.0719. The first-order valence-corrected chi connectivity index (χ1v) is 35.2. The molecule has 0 saturated carbocycles. The number of rotatable bonds is 21. The minimum atomic E-state index is -1.42. The lowest BCUT2D eigenvalue weighted by Gasteiger charge is -2.42. The maximum atomic E-state index is 15.5. The van der Waals surface area contributed by atoms with Crippen LogP contribution in [0.3, 0.4) is 0 Å². The van der Waals surface area contributed by atoms with Crippen LogP contribution in [0.5, 0.6) is 0 Å². The lowest BCUT2D eigenvalue weighted by molar-refractivity contribution is -0.157. The molecule has 0 aromatic carbocycles. The number of hydrogen-bond acceptors (Lipinski definition) is 15. The highest BCUT2D eigenvalue weighted by molar-refractivity contribution is 7.09. The SMILES string of the molecule is C/C=C/C[C@@H](C)[C@@H](OP)[C@H]1C(=O)N[C@@H](CC)C(=O)N(C)[C@H](C)C(=O)N(C)[C@@H]([C@@H](C)OCCCCN2CCOCC2)C(=O)N[C@@H](C(C)C)C(=O)N(C)[C@@H](CC(C)C)C(=O)N[C@@H](C)C(=O)N[C@H](C)C(=O)N(C)[C@@H](CC(C)C)C(=O)N(C)[C@@H](CC(C)C)C(=O)N(C)[C@@H](C(C)C)C(=O)N1C. The molecule has 0 aromatic heterocycles. The topological polar surface area (TPSA) is 290 Å². The van der Waals surface area contributed by atoms with Crippen molar-refractivity contribution >= 4 is 74.4 Å². The molecule has 0 bridgehead atoms. The zero-order valence-electron chi connectivity index (χ0n) is 62.7. The number of unbranched alkanes of at least 4 members (excludes halogenated alkanes) is 1. The van der Waals surface area contributed by atoms with E-state index >= 15 is 28.8 Å². The van der Waals surface area contributed by atoms with E-state index < -0.39 is 161 Å². The van der Waals surface area contributed by atoms with Gasteiger partial charge in [0.1, 0.15) is 66.5 Å². The van der Waals surface area contributed by atoms with Gasteiger partial charge in [0.05, 0.1) is 25.4 Å². The van der Waals surface area contributed by atoms with Gasteiger partial charge in [0, 0.05) is 78.5 Å². The van der Waals surface area contributed by atoms with Gasteiger partial charge in [-0.1, -0.05) is 95.2 Å². The van der Waals surface area contributed by atoms with Crippen molar-refractivity contribution in [3.63, 3.8) is 0 Å². The standard InChI is InChI=1S/C69H125N12O14P/c1-25-27-30-45(13)58(95-96)57-62(85)72-50(26-2)65(88)74(18)48(16)64(87)79(23)56(49(17)94-34-29-28-31-81-32-35-93-36-33-81)61(84)73-54(43(9)10)68(91)75(19)51(37-40(3)4)60(83)70-46(14)59(82)71-47(15)63(86)76(20)52(38-41(5)6)66(89)77(21)53(39-42(7)8)67(90)78(22)55(44(11)12)69(92)80(57)24/h25,27,40-58H,26,28-39,96H2,1-24H3,(H,70,83)(H,71,82)(H,72,85)(H,73,84)/b27-25+/t45-,46+,47-,48-,49-,50+,51+,52+,53+,54+,55+,56+,57+,58-/m1/s1. The second-order valence-electron chi connectivity index (χ2n) is 28.6. The smallest absolute Gasteiger partial charge is 0.246 e. The molecule has 0 radical (unpaired) electrons. The van der Waals surface area contributed by atoms with Crippen LogP contribution in [0.1, 0.15) is 163 Å². The number of carbonyl (C=O) groups excluding carboxylic acids is 11. The van der Waals surface area contributed by atoms with Gasteiger partial charge >= 0.3 is 0 Å². The van der Waals surface area contributed by atoms with Crippen LogP contribution in [0.25, 0.3) is 0 Å². The van der Waals surface area contributed by atoms with E-state index in [1.165, 1.54) is 104 Å². The van der Waals surface area contributed by atoms with Crippen molar-refractivity contribution in [1.82, 2.24) is 60.5 Å². The largest absolute Gasteiger partial charge is 0.379 e. The summed E-state index contributed by atoms with van der Waals surface area (Å²) in [6.07, 6.45) is 4.05. The fraction of sp³-hybridized carbons (Fsp3) is 0.812. The zero-order chi connectivity index (χ0) is 73.5. The molecule has 2 aliphatic heterocycles. The van der Waals surface area contributed by atoms with Crippen LogP contribution in [0.15, 0.2) is 12.2 Å². The number of nitrogens with one attached hydrogen (secondary N) is 4. The number of nitrogens with zero attached hydrogens (tertiary/aromatic N) is 8. The Morgan fingerprint density at radius 2 is 0.990 bits per heavy atom. The molecule has 0 spiro atoms. The van der Waals surface area contributed by atoms with Gasteiger partial charge in [0.2, 0.25) is 65.0 Å². The second-order valence-corrected chi connectivity index (χ2v) is 28.9. The minimum absolute atomic E-state index is 0.0289. The average Bonchev–Trinajstić information content (AvgIpc) is 0.807. The fourth-order valence-corrected chi connectivity index (χ4v) is 12.9. The van der Waals surface area contributed by atoms with Crippen LogP contribution in [0.4, 0.5) is 0 Å². The molecule has 4 N–H and O–H groups in total. The number of allylic oxidation sites excluding steroid dienone is 2. The van der Waals surface area contributed by atoms with E-state index in [-0.39, 0.29) is 50.0 Å². The van der Waals surface area contributed by atoms with Crippen molar-refractivity contribution in [1.29, 1.82) is 0 Å². The maximum absolute atomic E-state index is 15.5. The Bertz CT molecular complexity index is 2600. The van der Waals surface area contributed by atoms with E-state index in [1.807, 2.05) is 67.5 Å². The summed E-state index contributed by atoms with van der Waals surface area (Å²) >= 11 is 0. The minimum Gasteiger partial charge on any atom is -0.379 e. The van der Waals surface area contributed by atoms with E-state index in [0.717, 1.165) is 26.1 Å². The molecule has 27 heteroatoms. The van der Waals surface area contributed by atoms with Gasteiger partial charge in [-0.05, 0) is 122 Å². The number of ether oxygens (including phenoxy) is 2. The summed E-state index contributed by atoms with van der Waals surface area (Å²) in [5.41, 5.74) is 0. The van der Waals surface area contributed by atoms with Crippen molar-refractivity contribution in [2.45, 2.75) is 241 Å². The van der Waals surface area contributed by atoms with Crippen molar-refractivity contribution in [2.75, 3.05) is 88.8 Å². The third kappa shape index (κ3) is 24.3. The zero-order valence-corrected chi connectivity index (χ0v) is 63.8. The highest BCUT2D eigenvalue weighted by Gasteiger charge is 2.47. The normalized spacial score (nSPS) is 27.4. The van der Waals surface area contributed by atoms with E-state index in [2.05, 4.69) is 35.6 Å². The monoisotopic (exact) mass is 1380 g/mol. The van der Waals surface area contributed by atoms with Gasteiger partial charge in [-0.3, -0.25) is 57.6 Å². The van der Waals surface area contributed by atoms with Crippen LogP contribution in [-0.2, 0) is 66.7 Å². The predicted octanol–water partition coefficient (Wildman–Crippen LogP) is 3.94. The molecule has 0 aliphatic carbocycles. The maximum Gasteiger partial charge on any atom is 0.246 e. The van der Waals surface area contributed by atoms with Gasteiger partial charge in [-0.2, -0.15) is 0 Å².